The van der Waals surface area contributed by atoms with Gasteiger partial charge in [0.15, 0.2) is 11.5 Å². The summed E-state index contributed by atoms with van der Waals surface area (Å²) in [5, 5.41) is 2.91. The van der Waals surface area contributed by atoms with E-state index >= 15 is 0 Å². The summed E-state index contributed by atoms with van der Waals surface area (Å²) in [5.41, 5.74) is 6.84. The molecule has 1 amide bonds. The zero-order chi connectivity index (χ0) is 16.4. The summed E-state index contributed by atoms with van der Waals surface area (Å²) >= 11 is 5.78. The molecular formula is C16H16ClFN4O. The van der Waals surface area contributed by atoms with Gasteiger partial charge in [-0.3, -0.25) is 4.79 Å². The Kier molecular flexibility index (Phi) is 4.43. The van der Waals surface area contributed by atoms with Gasteiger partial charge >= 0.3 is 0 Å². The smallest absolute Gasteiger partial charge is 0.273 e. The lowest BCUT2D eigenvalue weighted by atomic mass is 10.1. The molecule has 0 atom stereocenters. The number of nitrogen functional groups attached to an aromatic ring is 1. The second-order valence-electron chi connectivity index (χ2n) is 5.57. The quantitative estimate of drug-likeness (QED) is 0.903. The second kappa shape index (κ2) is 6.50. The Bertz CT molecular complexity index is 747. The van der Waals surface area contributed by atoms with Crippen LogP contribution in [-0.2, 0) is 0 Å². The molecule has 0 radical (unpaired) electrons. The molecular weight excluding hydrogens is 319 g/mol. The molecule has 2 aromatic rings. The average Bonchev–Trinajstić information content (AvgIpc) is 3.03. The first-order valence-corrected chi connectivity index (χ1v) is 7.81. The molecule has 7 heteroatoms. The van der Waals surface area contributed by atoms with E-state index in [0.29, 0.717) is 11.3 Å². The van der Waals surface area contributed by atoms with Crippen LogP contribution < -0.4 is 11.1 Å². The number of hydrogen-bond acceptors (Lipinski definition) is 4. The third-order valence-electron chi connectivity index (χ3n) is 3.92. The molecule has 1 aromatic heterocycles. The standard InChI is InChI=1S/C16H16ClFN4O/c17-11-7-9(5-6-12(11)18)13-8-20-15(19)14(22-13)16(23)21-10-3-1-2-4-10/h5-8,10H,1-4H2,(H2,19,20)(H,21,23). The van der Waals surface area contributed by atoms with E-state index < -0.39 is 5.82 Å². The maximum atomic E-state index is 13.3. The van der Waals surface area contributed by atoms with Crippen LogP contribution in [0, 0.1) is 5.82 Å². The number of carbonyl (C=O) groups is 1. The van der Waals surface area contributed by atoms with Crippen molar-refractivity contribution in [3.8, 4) is 11.3 Å². The topological polar surface area (TPSA) is 80.9 Å². The van der Waals surface area contributed by atoms with Crippen LogP contribution in [0.15, 0.2) is 24.4 Å². The highest BCUT2D eigenvalue weighted by Gasteiger charge is 2.21. The minimum atomic E-state index is -0.516. The van der Waals surface area contributed by atoms with Crippen molar-refractivity contribution in [3.05, 3.63) is 40.9 Å². The SMILES string of the molecule is Nc1ncc(-c2ccc(F)c(Cl)c2)nc1C(=O)NC1CCCC1. The van der Waals surface area contributed by atoms with Gasteiger partial charge in [-0.25, -0.2) is 14.4 Å². The summed E-state index contributed by atoms with van der Waals surface area (Å²) in [6.07, 6.45) is 5.59. The number of benzene rings is 1. The molecule has 0 saturated heterocycles. The fourth-order valence-electron chi connectivity index (χ4n) is 2.68. The highest BCUT2D eigenvalue weighted by atomic mass is 35.5. The Morgan fingerprint density at radius 1 is 1.35 bits per heavy atom. The van der Waals surface area contributed by atoms with Crippen molar-refractivity contribution < 1.29 is 9.18 Å². The van der Waals surface area contributed by atoms with E-state index in [2.05, 4.69) is 15.3 Å². The maximum Gasteiger partial charge on any atom is 0.273 e. The average molecular weight is 335 g/mol. The van der Waals surface area contributed by atoms with Crippen molar-refractivity contribution in [3.63, 3.8) is 0 Å². The third kappa shape index (κ3) is 3.42. The maximum absolute atomic E-state index is 13.3. The van der Waals surface area contributed by atoms with Crippen molar-refractivity contribution in [1.29, 1.82) is 0 Å². The van der Waals surface area contributed by atoms with Gasteiger partial charge in [0.2, 0.25) is 0 Å². The highest BCUT2D eigenvalue weighted by Crippen LogP contribution is 2.24. The number of carbonyl (C=O) groups excluding carboxylic acids is 1. The molecule has 0 aliphatic heterocycles. The van der Waals surface area contributed by atoms with E-state index in [4.69, 9.17) is 17.3 Å². The van der Waals surface area contributed by atoms with Crippen molar-refractivity contribution in [2.24, 2.45) is 0 Å². The molecule has 120 valence electrons. The van der Waals surface area contributed by atoms with Crippen LogP contribution in [-0.4, -0.2) is 21.9 Å². The summed E-state index contributed by atoms with van der Waals surface area (Å²) < 4.78 is 13.3. The minimum absolute atomic E-state index is 0.0157. The lowest BCUT2D eigenvalue weighted by molar-refractivity contribution is 0.0933. The second-order valence-corrected chi connectivity index (χ2v) is 5.98. The summed E-state index contributed by atoms with van der Waals surface area (Å²) in [6, 6.07) is 4.37. The van der Waals surface area contributed by atoms with E-state index in [-0.39, 0.29) is 28.5 Å². The molecule has 1 aliphatic carbocycles. The molecule has 0 spiro atoms. The molecule has 1 saturated carbocycles. The Labute approximate surface area is 138 Å². The predicted molar refractivity (Wildman–Crippen MR) is 86.6 cm³/mol. The number of halogens is 2. The Hall–Kier alpha value is -2.21. The molecule has 1 aliphatic rings. The van der Waals surface area contributed by atoms with Gasteiger partial charge in [-0.15, -0.1) is 0 Å². The summed E-state index contributed by atoms with van der Waals surface area (Å²) in [5.74, 6) is -0.785. The van der Waals surface area contributed by atoms with Crippen molar-refractivity contribution in [1.82, 2.24) is 15.3 Å². The number of hydrogen-bond donors (Lipinski definition) is 2. The number of nitrogens with two attached hydrogens (primary N) is 1. The van der Waals surface area contributed by atoms with E-state index in [1.807, 2.05) is 0 Å². The van der Waals surface area contributed by atoms with Crippen LogP contribution in [0.5, 0.6) is 0 Å². The van der Waals surface area contributed by atoms with Gasteiger partial charge in [0.25, 0.3) is 5.91 Å². The van der Waals surface area contributed by atoms with Crippen LogP contribution >= 0.6 is 11.6 Å². The lowest BCUT2D eigenvalue weighted by Gasteiger charge is -2.13. The molecule has 0 unspecified atom stereocenters. The summed E-state index contributed by atoms with van der Waals surface area (Å²) in [4.78, 5) is 20.6. The van der Waals surface area contributed by atoms with Crippen LogP contribution in [0.2, 0.25) is 5.02 Å². The first kappa shape index (κ1) is 15.7. The fourth-order valence-corrected chi connectivity index (χ4v) is 2.86. The van der Waals surface area contributed by atoms with Gasteiger partial charge < -0.3 is 11.1 Å². The van der Waals surface area contributed by atoms with Crippen LogP contribution in [0.4, 0.5) is 10.2 Å². The Morgan fingerprint density at radius 3 is 2.78 bits per heavy atom. The van der Waals surface area contributed by atoms with Crippen molar-refractivity contribution >= 4 is 23.3 Å². The highest BCUT2D eigenvalue weighted by molar-refractivity contribution is 6.31. The van der Waals surface area contributed by atoms with E-state index in [1.165, 1.54) is 24.4 Å². The zero-order valence-electron chi connectivity index (χ0n) is 12.4. The van der Waals surface area contributed by atoms with Gasteiger partial charge in [-0.05, 0) is 31.0 Å². The normalized spacial score (nSPS) is 14.9. The van der Waals surface area contributed by atoms with E-state index in [9.17, 15) is 9.18 Å². The summed E-state index contributed by atoms with van der Waals surface area (Å²) in [7, 11) is 0. The lowest BCUT2D eigenvalue weighted by Crippen LogP contribution is -2.33. The van der Waals surface area contributed by atoms with Gasteiger partial charge in [-0.1, -0.05) is 24.4 Å². The van der Waals surface area contributed by atoms with Crippen LogP contribution in [0.3, 0.4) is 0 Å². The molecule has 3 N–H and O–H groups in total. The minimum Gasteiger partial charge on any atom is -0.382 e. The predicted octanol–water partition coefficient (Wildman–Crippen LogP) is 3.19. The molecule has 1 aromatic carbocycles. The van der Waals surface area contributed by atoms with Crippen molar-refractivity contribution in [2.75, 3.05) is 5.73 Å². The first-order chi connectivity index (χ1) is 11.0. The van der Waals surface area contributed by atoms with Gasteiger partial charge in [0.1, 0.15) is 5.82 Å². The molecule has 0 bridgehead atoms. The number of anilines is 1. The molecule has 5 nitrogen and oxygen atoms in total. The number of rotatable bonds is 3. The van der Waals surface area contributed by atoms with Gasteiger partial charge in [-0.2, -0.15) is 0 Å². The number of nitrogens with zero attached hydrogens (tertiary/aromatic N) is 2. The largest absolute Gasteiger partial charge is 0.382 e. The number of aromatic nitrogens is 2. The molecule has 23 heavy (non-hydrogen) atoms. The number of nitrogens with one attached hydrogen (secondary N) is 1. The van der Waals surface area contributed by atoms with Crippen molar-refractivity contribution in [2.45, 2.75) is 31.7 Å². The Balaban J connectivity index is 1.88. The summed E-state index contributed by atoms with van der Waals surface area (Å²) in [6.45, 7) is 0. The zero-order valence-corrected chi connectivity index (χ0v) is 13.1. The fraction of sp³-hybridized carbons (Fsp3) is 0.312. The van der Waals surface area contributed by atoms with E-state index in [0.717, 1.165) is 25.7 Å². The third-order valence-corrected chi connectivity index (χ3v) is 4.21. The molecule has 1 fully saturated rings. The Morgan fingerprint density at radius 2 is 2.09 bits per heavy atom. The molecule has 3 rings (SSSR count). The number of amides is 1. The first-order valence-electron chi connectivity index (χ1n) is 7.43. The van der Waals surface area contributed by atoms with E-state index in [1.54, 1.807) is 0 Å². The van der Waals surface area contributed by atoms with Crippen LogP contribution in [0.1, 0.15) is 36.2 Å². The van der Waals surface area contributed by atoms with Gasteiger partial charge in [0.05, 0.1) is 16.9 Å². The van der Waals surface area contributed by atoms with Crippen LogP contribution in [0.25, 0.3) is 11.3 Å². The van der Waals surface area contributed by atoms with Gasteiger partial charge in [0, 0.05) is 11.6 Å². The molecule has 1 heterocycles. The monoisotopic (exact) mass is 334 g/mol.